The van der Waals surface area contributed by atoms with Crippen molar-refractivity contribution in [3.63, 3.8) is 0 Å². The van der Waals surface area contributed by atoms with Gasteiger partial charge in [0.2, 0.25) is 5.88 Å². The summed E-state index contributed by atoms with van der Waals surface area (Å²) in [7, 11) is 3.13. The van der Waals surface area contributed by atoms with Gasteiger partial charge in [0.15, 0.2) is 29.6 Å². The number of carbonyl (C=O) groups excluding carboxylic acids is 1. The van der Waals surface area contributed by atoms with Crippen LogP contribution in [0.5, 0.6) is 23.1 Å². The summed E-state index contributed by atoms with van der Waals surface area (Å²) in [6.07, 6.45) is 0. The Bertz CT molecular complexity index is 1350. The molecule has 4 rings (SSSR count). The van der Waals surface area contributed by atoms with Gasteiger partial charge in [0.1, 0.15) is 12.4 Å². The van der Waals surface area contributed by atoms with Gasteiger partial charge in [-0.25, -0.2) is 0 Å². The minimum Gasteiger partial charge on any atom is -0.493 e. The Hall–Kier alpha value is -3.76. The average Bonchev–Trinajstić information content (AvgIpc) is 3.29. The number of fused-ring (bicyclic) bond motifs is 1. The van der Waals surface area contributed by atoms with Crippen molar-refractivity contribution in [2.75, 3.05) is 34.0 Å². The van der Waals surface area contributed by atoms with Gasteiger partial charge in [0.25, 0.3) is 5.91 Å². The number of methoxy groups -OCH3 is 2. The van der Waals surface area contributed by atoms with E-state index >= 15 is 0 Å². The van der Waals surface area contributed by atoms with Gasteiger partial charge in [-0.15, -0.1) is 15.3 Å². The average molecular weight is 518 g/mol. The lowest BCUT2D eigenvalue weighted by Gasteiger charge is -2.10. The largest absolute Gasteiger partial charge is 0.493 e. The lowest BCUT2D eigenvalue weighted by atomic mass is 10.2. The number of nitrogens with one attached hydrogen (secondary N) is 1. The second-order valence-electron chi connectivity index (χ2n) is 7.10. The molecule has 0 aliphatic heterocycles. The molecule has 10 nitrogen and oxygen atoms in total. The molecule has 2 aromatic heterocycles. The number of aromatic nitrogens is 4. The Morgan fingerprint density at radius 3 is 2.51 bits per heavy atom. The molecule has 0 fully saturated rings. The van der Waals surface area contributed by atoms with E-state index in [1.165, 1.54) is 0 Å². The Morgan fingerprint density at radius 2 is 1.74 bits per heavy atom. The highest BCUT2D eigenvalue weighted by Crippen LogP contribution is 2.31. The molecule has 0 spiro atoms. The van der Waals surface area contributed by atoms with Crippen LogP contribution in [0.2, 0.25) is 10.0 Å². The van der Waals surface area contributed by atoms with Crippen LogP contribution in [-0.2, 0) is 4.79 Å². The molecule has 0 bridgehead atoms. The number of hydrogen-bond acceptors (Lipinski definition) is 8. The zero-order valence-corrected chi connectivity index (χ0v) is 20.3. The summed E-state index contributed by atoms with van der Waals surface area (Å²) in [5.41, 5.74) is 1.29. The van der Waals surface area contributed by atoms with Crippen molar-refractivity contribution in [2.24, 2.45) is 0 Å². The molecule has 35 heavy (non-hydrogen) atoms. The predicted molar refractivity (Wildman–Crippen MR) is 130 cm³/mol. The van der Waals surface area contributed by atoms with Gasteiger partial charge in [-0.1, -0.05) is 23.2 Å². The van der Waals surface area contributed by atoms with Gasteiger partial charge < -0.3 is 24.3 Å². The summed E-state index contributed by atoms with van der Waals surface area (Å²) < 4.78 is 23.3. The van der Waals surface area contributed by atoms with Crippen molar-refractivity contribution < 1.29 is 23.7 Å². The number of rotatable bonds is 10. The normalized spacial score (nSPS) is 10.7. The Balaban J connectivity index is 1.33. The molecule has 0 atom stereocenters. The number of nitrogens with zero attached hydrogens (tertiary/aromatic N) is 4. The second-order valence-corrected chi connectivity index (χ2v) is 7.94. The molecule has 2 aromatic carbocycles. The van der Waals surface area contributed by atoms with Crippen LogP contribution in [0.15, 0.2) is 48.5 Å². The summed E-state index contributed by atoms with van der Waals surface area (Å²) in [6.45, 7) is 0.252. The zero-order chi connectivity index (χ0) is 24.8. The highest BCUT2D eigenvalue weighted by Gasteiger charge is 2.14. The highest BCUT2D eigenvalue weighted by atomic mass is 35.5. The quantitative estimate of drug-likeness (QED) is 0.317. The van der Waals surface area contributed by atoms with E-state index in [0.717, 1.165) is 5.56 Å². The van der Waals surface area contributed by atoms with Gasteiger partial charge in [-0.2, -0.15) is 4.52 Å². The van der Waals surface area contributed by atoms with E-state index < -0.39 is 0 Å². The summed E-state index contributed by atoms with van der Waals surface area (Å²) >= 11 is 11.9. The molecule has 0 saturated carbocycles. The van der Waals surface area contributed by atoms with Gasteiger partial charge in [0.05, 0.1) is 25.8 Å². The van der Waals surface area contributed by atoms with E-state index in [-0.39, 0.29) is 25.7 Å². The standard InChI is InChI=1S/C23H21Cl2N5O5/c1-32-18-5-3-14(11-19(18)33-2)23-28-27-20-7-8-22(29-30(20)23)34-10-9-26-21(31)13-35-17-6-4-15(24)12-16(17)25/h3-8,11-12H,9-10,13H2,1-2H3,(H,26,31). The second kappa shape index (κ2) is 11.1. The van der Waals surface area contributed by atoms with Gasteiger partial charge in [-0.05, 0) is 42.5 Å². The Morgan fingerprint density at radius 1 is 0.943 bits per heavy atom. The number of benzene rings is 2. The van der Waals surface area contributed by atoms with Crippen LogP contribution in [0.25, 0.3) is 17.0 Å². The summed E-state index contributed by atoms with van der Waals surface area (Å²) in [4.78, 5) is 12.0. The van der Waals surface area contributed by atoms with Gasteiger partial charge >= 0.3 is 0 Å². The van der Waals surface area contributed by atoms with E-state index in [1.807, 2.05) is 6.07 Å². The third-order valence-electron chi connectivity index (χ3n) is 4.81. The molecule has 1 amide bonds. The van der Waals surface area contributed by atoms with E-state index in [1.54, 1.807) is 61.2 Å². The van der Waals surface area contributed by atoms with E-state index in [0.29, 0.717) is 44.6 Å². The summed E-state index contributed by atoms with van der Waals surface area (Å²) in [5.74, 6) is 2.07. The fourth-order valence-corrected chi connectivity index (χ4v) is 3.60. The van der Waals surface area contributed by atoms with Gasteiger partial charge in [-0.3, -0.25) is 4.79 Å². The maximum Gasteiger partial charge on any atom is 0.258 e. The molecule has 0 aliphatic rings. The number of hydrogen-bond donors (Lipinski definition) is 1. The molecule has 1 N–H and O–H groups in total. The van der Waals surface area contributed by atoms with Crippen molar-refractivity contribution in [2.45, 2.75) is 0 Å². The maximum absolute atomic E-state index is 12.0. The Kier molecular flexibility index (Phi) is 7.74. The first-order valence-electron chi connectivity index (χ1n) is 10.4. The first-order chi connectivity index (χ1) is 17.0. The topological polar surface area (TPSA) is 109 Å². The minimum absolute atomic E-state index is 0.194. The van der Waals surface area contributed by atoms with Crippen LogP contribution in [-0.4, -0.2) is 59.7 Å². The van der Waals surface area contributed by atoms with Crippen LogP contribution >= 0.6 is 23.2 Å². The molecule has 4 aromatic rings. The van der Waals surface area contributed by atoms with Crippen LogP contribution in [0.1, 0.15) is 0 Å². The van der Waals surface area contributed by atoms with E-state index in [4.69, 9.17) is 42.1 Å². The lowest BCUT2D eigenvalue weighted by molar-refractivity contribution is -0.123. The number of carbonyl (C=O) groups is 1. The van der Waals surface area contributed by atoms with Crippen molar-refractivity contribution in [3.05, 3.63) is 58.6 Å². The lowest BCUT2D eigenvalue weighted by Crippen LogP contribution is -2.32. The predicted octanol–water partition coefficient (Wildman–Crippen LogP) is 3.69. The van der Waals surface area contributed by atoms with Crippen LogP contribution in [0.3, 0.4) is 0 Å². The molecule has 0 unspecified atom stereocenters. The van der Waals surface area contributed by atoms with Crippen LogP contribution in [0.4, 0.5) is 0 Å². The molecule has 182 valence electrons. The fourth-order valence-electron chi connectivity index (χ4n) is 3.14. The minimum atomic E-state index is -0.322. The molecule has 0 aliphatic carbocycles. The third-order valence-corrected chi connectivity index (χ3v) is 5.34. The number of halogens is 2. The Labute approximate surface area is 210 Å². The molecular formula is C23H21Cl2N5O5. The van der Waals surface area contributed by atoms with E-state index in [2.05, 4.69) is 20.6 Å². The molecular weight excluding hydrogens is 497 g/mol. The van der Waals surface area contributed by atoms with Gasteiger partial charge in [0, 0.05) is 16.7 Å². The van der Waals surface area contributed by atoms with Crippen LogP contribution < -0.4 is 24.3 Å². The van der Waals surface area contributed by atoms with Crippen LogP contribution in [0, 0.1) is 0 Å². The SMILES string of the molecule is COc1ccc(-c2nnc3ccc(OCCNC(=O)COc4ccc(Cl)cc4Cl)nn23)cc1OC. The fraction of sp³-hybridized carbons (Fsp3) is 0.217. The first-order valence-corrected chi connectivity index (χ1v) is 11.2. The summed E-state index contributed by atoms with van der Waals surface area (Å²) in [6, 6.07) is 13.6. The highest BCUT2D eigenvalue weighted by molar-refractivity contribution is 6.35. The number of ether oxygens (including phenoxy) is 4. The van der Waals surface area contributed by atoms with Crippen molar-refractivity contribution in [3.8, 4) is 34.5 Å². The monoisotopic (exact) mass is 517 g/mol. The number of amides is 1. The summed E-state index contributed by atoms with van der Waals surface area (Å²) in [5, 5.41) is 16.3. The molecule has 0 radical (unpaired) electrons. The van der Waals surface area contributed by atoms with Crippen molar-refractivity contribution in [1.82, 2.24) is 25.1 Å². The zero-order valence-electron chi connectivity index (χ0n) is 18.8. The van der Waals surface area contributed by atoms with Crippen molar-refractivity contribution in [1.29, 1.82) is 0 Å². The smallest absolute Gasteiger partial charge is 0.258 e. The molecule has 2 heterocycles. The maximum atomic E-state index is 12.0. The third kappa shape index (κ3) is 5.84. The van der Waals surface area contributed by atoms with E-state index in [9.17, 15) is 4.79 Å². The first kappa shape index (κ1) is 24.4. The van der Waals surface area contributed by atoms with Crippen molar-refractivity contribution >= 4 is 34.8 Å². The molecule has 0 saturated heterocycles. The molecule has 12 heteroatoms.